The summed E-state index contributed by atoms with van der Waals surface area (Å²) in [6.07, 6.45) is -2.82. The highest BCUT2D eigenvalue weighted by Gasteiger charge is 2.31. The third-order valence-electron chi connectivity index (χ3n) is 5.75. The third kappa shape index (κ3) is 6.31. The number of amides is 2. The molecule has 2 amide bonds. The molecule has 4 rings (SSSR count). The van der Waals surface area contributed by atoms with Gasteiger partial charge in [0.05, 0.1) is 11.8 Å². The molecule has 2 heterocycles. The zero-order valence-corrected chi connectivity index (χ0v) is 20.6. The van der Waals surface area contributed by atoms with E-state index in [1.165, 1.54) is 13.1 Å². The summed E-state index contributed by atoms with van der Waals surface area (Å²) in [4.78, 5) is 21.1. The third-order valence-corrected chi connectivity index (χ3v) is 6.61. The molecule has 0 aliphatic carbocycles. The smallest absolute Gasteiger partial charge is 0.416 e. The van der Waals surface area contributed by atoms with E-state index in [1.54, 1.807) is 18.0 Å². The molecule has 0 atom stereocenters. The molecule has 0 unspecified atom stereocenters. The van der Waals surface area contributed by atoms with Gasteiger partial charge in [-0.05, 0) is 60.0 Å². The number of carbonyl (C=O) groups excluding carboxylic acids is 1. The van der Waals surface area contributed by atoms with Gasteiger partial charge < -0.3 is 24.7 Å². The molecule has 1 saturated heterocycles. The number of hydrogen-bond donors (Lipinski definition) is 2. The van der Waals surface area contributed by atoms with Crippen LogP contribution in [0.1, 0.15) is 17.0 Å². The van der Waals surface area contributed by atoms with Gasteiger partial charge in [0.25, 0.3) is 0 Å². The lowest BCUT2D eigenvalue weighted by Gasteiger charge is -2.36. The Hall–Kier alpha value is -3.22. The number of benzene rings is 2. The number of aryl methyl sites for hydroxylation is 1. The van der Waals surface area contributed by atoms with Crippen molar-refractivity contribution in [3.63, 3.8) is 0 Å². The van der Waals surface area contributed by atoms with Gasteiger partial charge in [0, 0.05) is 62.8 Å². The number of hydrogen-bond acceptors (Lipinski definition) is 7. The summed E-state index contributed by atoms with van der Waals surface area (Å²) in [5, 5.41) is 12.2. The van der Waals surface area contributed by atoms with E-state index in [1.807, 2.05) is 24.3 Å². The average Bonchev–Trinajstić information content (AvgIpc) is 3.28. The fourth-order valence-electron chi connectivity index (χ4n) is 3.91. The van der Waals surface area contributed by atoms with Crippen molar-refractivity contribution in [2.75, 3.05) is 38.1 Å². The quantitative estimate of drug-likeness (QED) is 0.348. The number of anilines is 1. The second kappa shape index (κ2) is 10.8. The number of carbonyl (C=O) groups is 1. The van der Waals surface area contributed by atoms with Crippen LogP contribution < -0.4 is 10.2 Å². The van der Waals surface area contributed by atoms with E-state index in [4.69, 9.17) is 4.42 Å². The van der Waals surface area contributed by atoms with E-state index in [0.29, 0.717) is 42.7 Å². The van der Waals surface area contributed by atoms with Gasteiger partial charge in [-0.25, -0.2) is 9.78 Å². The summed E-state index contributed by atoms with van der Waals surface area (Å²) in [7, 11) is 1.37. The number of halogens is 3. The molecule has 1 aliphatic rings. The van der Waals surface area contributed by atoms with Crippen molar-refractivity contribution in [3.8, 4) is 11.3 Å². The Morgan fingerprint density at radius 3 is 2.44 bits per heavy atom. The van der Waals surface area contributed by atoms with Gasteiger partial charge in [0.1, 0.15) is 0 Å². The predicted molar refractivity (Wildman–Crippen MR) is 130 cm³/mol. The molecule has 0 bridgehead atoms. The van der Waals surface area contributed by atoms with Crippen molar-refractivity contribution < 1.29 is 27.6 Å². The van der Waals surface area contributed by atoms with Gasteiger partial charge in [-0.2, -0.15) is 13.2 Å². The van der Waals surface area contributed by atoms with Crippen LogP contribution in [-0.4, -0.2) is 58.8 Å². The van der Waals surface area contributed by atoms with Crippen molar-refractivity contribution in [2.45, 2.75) is 24.5 Å². The van der Waals surface area contributed by atoms with Crippen molar-refractivity contribution in [1.29, 1.82) is 0 Å². The van der Waals surface area contributed by atoms with Crippen LogP contribution in [0, 0.1) is 6.92 Å². The lowest BCUT2D eigenvalue weighted by molar-refractivity contribution is -0.137. The Morgan fingerprint density at radius 1 is 1.17 bits per heavy atom. The number of urea groups is 1. The van der Waals surface area contributed by atoms with Crippen LogP contribution in [0.3, 0.4) is 0 Å². The van der Waals surface area contributed by atoms with Crippen molar-refractivity contribution in [2.24, 2.45) is 0 Å². The summed E-state index contributed by atoms with van der Waals surface area (Å²) < 4.78 is 45.8. The second-order valence-electron chi connectivity index (χ2n) is 8.30. The molecule has 0 radical (unpaired) electrons. The minimum atomic E-state index is -4.50. The predicted octanol–water partition coefficient (Wildman–Crippen LogP) is 5.03. The molecule has 8 nitrogen and oxygen atoms in total. The number of aromatic nitrogens is 1. The molecular weight excluding hydrogens is 495 g/mol. The molecule has 36 heavy (non-hydrogen) atoms. The normalized spacial score (nSPS) is 14.4. The summed E-state index contributed by atoms with van der Waals surface area (Å²) in [5.41, 5.74) is 1.41. The lowest BCUT2D eigenvalue weighted by atomic mass is 10.1. The van der Waals surface area contributed by atoms with Gasteiger partial charge in [-0.1, -0.05) is 0 Å². The van der Waals surface area contributed by atoms with Crippen LogP contribution in [0.25, 0.3) is 11.3 Å². The molecule has 1 aromatic heterocycles. The van der Waals surface area contributed by atoms with E-state index >= 15 is 0 Å². The number of nitrogens with one attached hydrogen (secondary N) is 1. The van der Waals surface area contributed by atoms with Crippen LogP contribution in [-0.2, 0) is 12.7 Å². The van der Waals surface area contributed by atoms with Crippen LogP contribution in [0.5, 0.6) is 0 Å². The van der Waals surface area contributed by atoms with Gasteiger partial charge >= 0.3 is 12.2 Å². The standard InChI is InChI=1S/C24H26F3N5O3S/c1-16-28-15-21(35-16)17-3-6-20(7-4-17)31-9-11-32(12-10-31)23(33)29-14-18-13-19(24(25,26)27)5-8-22(18)36-30(2)34/h3-8,13,15,34H,9-12,14H2,1-2H3,(H,29,33). The molecule has 1 aliphatic heterocycles. The van der Waals surface area contributed by atoms with E-state index in [2.05, 4.69) is 15.2 Å². The molecule has 3 aromatic rings. The average molecular weight is 522 g/mol. The molecule has 2 N–H and O–H groups in total. The Balaban J connectivity index is 1.34. The summed E-state index contributed by atoms with van der Waals surface area (Å²) in [6.45, 7) is 3.87. The van der Waals surface area contributed by atoms with Crippen LogP contribution >= 0.6 is 11.9 Å². The Kier molecular flexibility index (Phi) is 7.76. The number of hydroxylamine groups is 1. The molecule has 0 spiro atoms. The summed E-state index contributed by atoms with van der Waals surface area (Å²) in [6, 6.07) is 10.8. The second-order valence-corrected chi connectivity index (χ2v) is 9.45. The first-order chi connectivity index (χ1) is 17.1. The van der Waals surface area contributed by atoms with E-state index in [0.717, 1.165) is 39.8 Å². The van der Waals surface area contributed by atoms with Crippen molar-refractivity contribution >= 4 is 23.7 Å². The number of oxazole rings is 1. The first-order valence-electron chi connectivity index (χ1n) is 11.2. The first kappa shape index (κ1) is 25.9. The molecule has 12 heteroatoms. The molecule has 0 saturated carbocycles. The van der Waals surface area contributed by atoms with Gasteiger partial charge in [0.15, 0.2) is 11.7 Å². The fourth-order valence-corrected chi connectivity index (χ4v) is 4.57. The van der Waals surface area contributed by atoms with E-state index in [-0.39, 0.29) is 18.1 Å². The van der Waals surface area contributed by atoms with Crippen molar-refractivity contribution in [1.82, 2.24) is 19.7 Å². The number of alkyl halides is 3. The maximum absolute atomic E-state index is 13.2. The number of rotatable bonds is 6. The maximum Gasteiger partial charge on any atom is 0.416 e. The van der Waals surface area contributed by atoms with Crippen molar-refractivity contribution in [3.05, 3.63) is 65.7 Å². The van der Waals surface area contributed by atoms with Gasteiger partial charge in [-0.15, -0.1) is 4.47 Å². The van der Waals surface area contributed by atoms with Gasteiger partial charge in [0.2, 0.25) is 0 Å². The highest BCUT2D eigenvalue weighted by molar-refractivity contribution is 7.96. The Bertz CT molecular complexity index is 1190. The van der Waals surface area contributed by atoms with E-state index < -0.39 is 11.7 Å². The van der Waals surface area contributed by atoms with Gasteiger partial charge in [-0.3, -0.25) is 0 Å². The number of nitrogens with zero attached hydrogens (tertiary/aromatic N) is 4. The largest absolute Gasteiger partial charge is 0.441 e. The highest BCUT2D eigenvalue weighted by Crippen LogP contribution is 2.33. The molecule has 192 valence electrons. The Labute approximate surface area is 210 Å². The fraction of sp³-hybridized carbons (Fsp3) is 0.333. The minimum absolute atomic E-state index is 0.0955. The maximum atomic E-state index is 13.2. The van der Waals surface area contributed by atoms with Crippen LogP contribution in [0.15, 0.2) is 58.0 Å². The monoisotopic (exact) mass is 521 g/mol. The topological polar surface area (TPSA) is 85.1 Å². The SMILES string of the molecule is Cc1ncc(-c2ccc(N3CCN(C(=O)NCc4cc(C(F)(F)F)ccc4SN(C)O)CC3)cc2)o1. The summed E-state index contributed by atoms with van der Waals surface area (Å²) >= 11 is 0.871. The minimum Gasteiger partial charge on any atom is -0.441 e. The van der Waals surface area contributed by atoms with E-state index in [9.17, 15) is 23.2 Å². The Morgan fingerprint density at radius 2 is 1.86 bits per heavy atom. The zero-order chi connectivity index (χ0) is 25.9. The molecular formula is C24H26F3N5O3S. The zero-order valence-electron chi connectivity index (χ0n) is 19.7. The lowest BCUT2D eigenvalue weighted by Crippen LogP contribution is -2.51. The first-order valence-corrected chi connectivity index (χ1v) is 12.0. The van der Waals surface area contributed by atoms with Crippen LogP contribution in [0.4, 0.5) is 23.7 Å². The highest BCUT2D eigenvalue weighted by atomic mass is 32.2. The van der Waals surface area contributed by atoms with Crippen LogP contribution in [0.2, 0.25) is 0 Å². The molecule has 1 fully saturated rings. The molecule has 2 aromatic carbocycles. The number of piperazine rings is 1. The summed E-state index contributed by atoms with van der Waals surface area (Å²) in [5.74, 6) is 1.31.